The molecule has 32 heavy (non-hydrogen) atoms. The number of carbonyl (C=O) groups is 3. The molecule has 1 saturated heterocycles. The average Bonchev–Trinajstić information content (AvgIpc) is 3.53. The topological polar surface area (TPSA) is 92.3 Å². The number of allylic oxidation sites excluding steroid dienone is 2. The van der Waals surface area contributed by atoms with Crippen molar-refractivity contribution >= 4 is 45.8 Å². The van der Waals surface area contributed by atoms with Crippen molar-refractivity contribution < 1.29 is 14.4 Å². The maximum atomic E-state index is 13.4. The number of likely N-dealkylation sites (tertiary alicyclic amines) is 1. The van der Waals surface area contributed by atoms with Gasteiger partial charge >= 0.3 is 0 Å². The lowest BCUT2D eigenvalue weighted by atomic mass is 9.85. The number of nitrogens with zero attached hydrogens (tertiary/aromatic N) is 3. The number of nitrogens with one attached hydrogen (secondary N) is 1. The van der Waals surface area contributed by atoms with Crippen molar-refractivity contribution in [2.75, 3.05) is 5.32 Å². The van der Waals surface area contributed by atoms with E-state index in [2.05, 4.69) is 34.6 Å². The van der Waals surface area contributed by atoms with Crippen LogP contribution >= 0.6 is 22.9 Å². The van der Waals surface area contributed by atoms with Crippen LogP contribution in [0.15, 0.2) is 36.4 Å². The SMILES string of the molecule is CCCc1nnc(NC(=O)CC(c2ccc(Cl)cc2)N2C(=O)C3C4C=CC(C4)C3C2=O)s1. The lowest BCUT2D eigenvalue weighted by molar-refractivity contribution is -0.144. The Morgan fingerprint density at radius 2 is 1.81 bits per heavy atom. The highest BCUT2D eigenvalue weighted by atomic mass is 35.5. The van der Waals surface area contributed by atoms with Gasteiger partial charge in [0.05, 0.1) is 24.3 Å². The molecule has 2 aromatic rings. The van der Waals surface area contributed by atoms with Crippen LogP contribution in [-0.2, 0) is 20.8 Å². The van der Waals surface area contributed by atoms with Gasteiger partial charge in [0.25, 0.3) is 0 Å². The summed E-state index contributed by atoms with van der Waals surface area (Å²) in [5, 5.41) is 12.7. The molecular weight excluding hydrogens is 448 g/mol. The minimum atomic E-state index is -0.694. The number of benzene rings is 1. The van der Waals surface area contributed by atoms with Crippen molar-refractivity contribution in [2.24, 2.45) is 23.7 Å². The molecular formula is C23H23ClN4O3S. The van der Waals surface area contributed by atoms with E-state index in [9.17, 15) is 14.4 Å². The molecule has 1 aromatic carbocycles. The Balaban J connectivity index is 1.40. The van der Waals surface area contributed by atoms with Gasteiger partial charge in [-0.3, -0.25) is 19.3 Å². The zero-order valence-electron chi connectivity index (χ0n) is 17.5. The second-order valence-corrected chi connectivity index (χ2v) is 10.1. The van der Waals surface area contributed by atoms with Crippen LogP contribution in [0.3, 0.4) is 0 Å². The van der Waals surface area contributed by atoms with Crippen LogP contribution in [0, 0.1) is 23.7 Å². The fourth-order valence-electron chi connectivity index (χ4n) is 5.24. The van der Waals surface area contributed by atoms with Crippen LogP contribution in [0.2, 0.25) is 5.02 Å². The summed E-state index contributed by atoms with van der Waals surface area (Å²) in [6, 6.07) is 6.26. The number of hydrogen-bond acceptors (Lipinski definition) is 6. The van der Waals surface area contributed by atoms with Crippen molar-refractivity contribution in [2.45, 2.75) is 38.6 Å². The zero-order valence-corrected chi connectivity index (χ0v) is 19.1. The predicted molar refractivity (Wildman–Crippen MR) is 121 cm³/mol. The number of halogens is 1. The molecule has 1 aromatic heterocycles. The first-order valence-electron chi connectivity index (χ1n) is 10.9. The van der Waals surface area contributed by atoms with Gasteiger partial charge in [-0.15, -0.1) is 10.2 Å². The van der Waals surface area contributed by atoms with Gasteiger partial charge in [-0.2, -0.15) is 0 Å². The molecule has 1 aliphatic heterocycles. The predicted octanol–water partition coefficient (Wildman–Crippen LogP) is 4.02. The number of aromatic nitrogens is 2. The summed E-state index contributed by atoms with van der Waals surface area (Å²) < 4.78 is 0. The third-order valence-corrected chi connectivity index (χ3v) is 7.78. The molecule has 0 spiro atoms. The smallest absolute Gasteiger partial charge is 0.234 e. The number of fused-ring (bicyclic) bond motifs is 5. The molecule has 1 saturated carbocycles. The summed E-state index contributed by atoms with van der Waals surface area (Å²) in [6.45, 7) is 2.05. The number of aryl methyl sites for hydroxylation is 1. The molecule has 2 fully saturated rings. The van der Waals surface area contributed by atoms with Gasteiger partial charge in [0, 0.05) is 11.4 Å². The van der Waals surface area contributed by atoms with Crippen LogP contribution in [0.5, 0.6) is 0 Å². The highest BCUT2D eigenvalue weighted by molar-refractivity contribution is 7.15. The highest BCUT2D eigenvalue weighted by Gasteiger charge is 2.60. The summed E-state index contributed by atoms with van der Waals surface area (Å²) in [7, 11) is 0. The molecule has 9 heteroatoms. The Labute approximate surface area is 194 Å². The van der Waals surface area contributed by atoms with Crippen molar-refractivity contribution in [3.63, 3.8) is 0 Å². The Morgan fingerprint density at radius 3 is 2.44 bits per heavy atom. The van der Waals surface area contributed by atoms with Crippen molar-refractivity contribution in [3.8, 4) is 0 Å². The molecule has 2 bridgehead atoms. The van der Waals surface area contributed by atoms with Gasteiger partial charge in [0.2, 0.25) is 22.9 Å². The molecule has 2 aliphatic carbocycles. The van der Waals surface area contributed by atoms with Gasteiger partial charge in [-0.05, 0) is 42.4 Å². The Kier molecular flexibility index (Phi) is 5.59. The molecule has 3 amide bonds. The molecule has 5 unspecified atom stereocenters. The van der Waals surface area contributed by atoms with E-state index in [-0.39, 0.29) is 47.8 Å². The molecule has 0 radical (unpaired) electrons. The zero-order chi connectivity index (χ0) is 22.4. The van der Waals surface area contributed by atoms with Gasteiger partial charge < -0.3 is 5.32 Å². The molecule has 5 atom stereocenters. The van der Waals surface area contributed by atoms with E-state index in [4.69, 9.17) is 11.6 Å². The summed E-state index contributed by atoms with van der Waals surface area (Å²) in [5.74, 6) is -1.06. The lowest BCUT2D eigenvalue weighted by Gasteiger charge is -2.28. The Morgan fingerprint density at radius 1 is 1.16 bits per heavy atom. The number of imide groups is 1. The third kappa shape index (κ3) is 3.65. The van der Waals surface area contributed by atoms with E-state index in [1.807, 2.05) is 0 Å². The minimum absolute atomic E-state index is 0.0516. The average molecular weight is 471 g/mol. The number of amides is 3. The summed E-state index contributed by atoms with van der Waals surface area (Å²) in [4.78, 5) is 41.0. The first-order valence-corrected chi connectivity index (χ1v) is 12.1. The second kappa shape index (κ2) is 8.41. The van der Waals surface area contributed by atoms with E-state index >= 15 is 0 Å². The van der Waals surface area contributed by atoms with Crippen LogP contribution < -0.4 is 5.32 Å². The fourth-order valence-corrected chi connectivity index (χ4v) is 6.22. The maximum Gasteiger partial charge on any atom is 0.234 e. The standard InChI is InChI=1S/C23H23ClN4O3S/c1-2-3-18-26-27-23(32-18)25-17(29)11-16(12-6-8-15(24)9-7-12)28-21(30)19-13-4-5-14(10-13)20(19)22(28)31/h4-9,13-14,16,19-20H,2-3,10-11H2,1H3,(H,25,27,29). The van der Waals surface area contributed by atoms with Crippen molar-refractivity contribution in [1.29, 1.82) is 0 Å². The molecule has 3 aliphatic rings. The summed E-state index contributed by atoms with van der Waals surface area (Å²) in [5.41, 5.74) is 0.704. The van der Waals surface area contributed by atoms with E-state index in [0.29, 0.717) is 15.7 Å². The maximum absolute atomic E-state index is 13.4. The Bertz CT molecular complexity index is 1070. The second-order valence-electron chi connectivity index (χ2n) is 8.62. The molecule has 2 heterocycles. The largest absolute Gasteiger partial charge is 0.300 e. The number of anilines is 1. The summed E-state index contributed by atoms with van der Waals surface area (Å²) >= 11 is 7.39. The monoisotopic (exact) mass is 470 g/mol. The third-order valence-electron chi connectivity index (χ3n) is 6.63. The van der Waals surface area contributed by atoms with Crippen molar-refractivity contribution in [1.82, 2.24) is 15.1 Å². The molecule has 1 N–H and O–H groups in total. The summed E-state index contributed by atoms with van der Waals surface area (Å²) in [6.07, 6.45) is 6.69. The van der Waals surface area contributed by atoms with Crippen LogP contribution in [-0.4, -0.2) is 32.8 Å². The lowest BCUT2D eigenvalue weighted by Crippen LogP contribution is -2.38. The van der Waals surface area contributed by atoms with Crippen LogP contribution in [0.25, 0.3) is 0 Å². The van der Waals surface area contributed by atoms with Gasteiger partial charge in [0.15, 0.2) is 0 Å². The van der Waals surface area contributed by atoms with Crippen molar-refractivity contribution in [3.05, 3.63) is 52.0 Å². The van der Waals surface area contributed by atoms with Crippen LogP contribution in [0.1, 0.15) is 42.8 Å². The van der Waals surface area contributed by atoms with Gasteiger partial charge in [-0.25, -0.2) is 0 Å². The number of carbonyl (C=O) groups excluding carboxylic acids is 3. The molecule has 5 rings (SSSR count). The normalized spacial score (nSPS) is 26.6. The van der Waals surface area contributed by atoms with E-state index in [1.165, 1.54) is 16.2 Å². The number of hydrogen-bond donors (Lipinski definition) is 1. The molecule has 7 nitrogen and oxygen atoms in total. The van der Waals surface area contributed by atoms with Crippen LogP contribution in [0.4, 0.5) is 5.13 Å². The minimum Gasteiger partial charge on any atom is -0.300 e. The van der Waals surface area contributed by atoms with Gasteiger partial charge in [0.1, 0.15) is 5.01 Å². The first-order chi connectivity index (χ1) is 15.5. The van der Waals surface area contributed by atoms with E-state index in [0.717, 1.165) is 24.3 Å². The first kappa shape index (κ1) is 21.3. The van der Waals surface area contributed by atoms with E-state index < -0.39 is 6.04 Å². The van der Waals surface area contributed by atoms with E-state index in [1.54, 1.807) is 24.3 Å². The van der Waals surface area contributed by atoms with Gasteiger partial charge in [-0.1, -0.05) is 54.1 Å². The molecule has 166 valence electrons. The Hall–Kier alpha value is -2.58. The highest BCUT2D eigenvalue weighted by Crippen LogP contribution is 2.54. The number of rotatable bonds is 7. The fraction of sp³-hybridized carbons (Fsp3) is 0.435. The quantitative estimate of drug-likeness (QED) is 0.487.